The number of aliphatic hydroxyl groups is 1. The van der Waals surface area contributed by atoms with Crippen LogP contribution in [0.3, 0.4) is 0 Å². The molecule has 14 nitrogen and oxygen atoms in total. The van der Waals surface area contributed by atoms with Gasteiger partial charge in [0.1, 0.15) is 5.69 Å². The van der Waals surface area contributed by atoms with Gasteiger partial charge in [0.05, 0.1) is 38.0 Å². The summed E-state index contributed by atoms with van der Waals surface area (Å²) in [7, 11) is 1.46. The second-order valence-electron chi connectivity index (χ2n) is 8.13. The van der Waals surface area contributed by atoms with E-state index in [-0.39, 0.29) is 25.0 Å². The van der Waals surface area contributed by atoms with Gasteiger partial charge in [-0.1, -0.05) is 5.16 Å². The minimum Gasteiger partial charge on any atom is -0.467 e. The summed E-state index contributed by atoms with van der Waals surface area (Å²) in [6.07, 6.45) is 2.86. The summed E-state index contributed by atoms with van der Waals surface area (Å²) in [5, 5.41) is 22.1. The molecule has 3 aromatic heterocycles. The first-order chi connectivity index (χ1) is 17.3. The molecule has 0 radical (unpaired) electrons. The number of carbonyl (C=O) groups excluding carboxylic acids is 2. The van der Waals surface area contributed by atoms with Crippen molar-refractivity contribution in [2.24, 2.45) is 0 Å². The maximum Gasteiger partial charge on any atom is 0.316 e. The predicted octanol–water partition coefficient (Wildman–Crippen LogP) is 0.516. The van der Waals surface area contributed by atoms with Gasteiger partial charge in [-0.3, -0.25) is 14.5 Å². The summed E-state index contributed by atoms with van der Waals surface area (Å²) in [5.74, 6) is -0.920. The molecule has 0 spiro atoms. The minimum absolute atomic E-state index is 0.0778. The normalized spacial score (nSPS) is 18.9. The third kappa shape index (κ3) is 3.97. The summed E-state index contributed by atoms with van der Waals surface area (Å²) < 4.78 is 17.2. The van der Waals surface area contributed by atoms with Gasteiger partial charge in [-0.25, -0.2) is 14.6 Å². The van der Waals surface area contributed by atoms with Crippen LogP contribution >= 0.6 is 0 Å². The number of morpholine rings is 1. The Morgan fingerprint density at radius 1 is 1.31 bits per heavy atom. The topological polar surface area (TPSA) is 184 Å². The average molecular weight is 494 g/mol. The van der Waals surface area contributed by atoms with Crippen molar-refractivity contribution in [3.8, 4) is 11.7 Å². The number of nitrogens with two attached hydrogens (primary N) is 1. The number of nitrogen functional groups attached to an aromatic ring is 1. The van der Waals surface area contributed by atoms with E-state index in [1.807, 2.05) is 0 Å². The first-order valence-electron chi connectivity index (χ1n) is 10.8. The summed E-state index contributed by atoms with van der Waals surface area (Å²) in [5.41, 5.74) is 5.09. The molecule has 0 unspecified atom stereocenters. The maximum absolute atomic E-state index is 13.4. The molecule has 2 amide bonds. The monoisotopic (exact) mass is 494 g/mol. The molecule has 14 heteroatoms. The number of hydrogen-bond donors (Lipinski definition) is 3. The van der Waals surface area contributed by atoms with Crippen molar-refractivity contribution < 1.29 is 28.7 Å². The van der Waals surface area contributed by atoms with Crippen molar-refractivity contribution in [2.45, 2.75) is 18.6 Å². The molecular weight excluding hydrogens is 472 g/mol. The lowest BCUT2D eigenvalue weighted by Gasteiger charge is -2.40. The number of nitrogens with zero attached hydrogens (tertiary/aromatic N) is 6. The van der Waals surface area contributed by atoms with Crippen molar-refractivity contribution in [1.82, 2.24) is 24.9 Å². The first-order valence-corrected chi connectivity index (χ1v) is 10.8. The predicted molar refractivity (Wildman–Crippen MR) is 125 cm³/mol. The smallest absolute Gasteiger partial charge is 0.316 e. The molecular formula is C22H22N8O6. The molecule has 36 heavy (non-hydrogen) atoms. The molecule has 5 rings (SSSR count). The molecule has 4 heterocycles. The summed E-state index contributed by atoms with van der Waals surface area (Å²) >= 11 is 0. The zero-order chi connectivity index (χ0) is 25.4. The van der Waals surface area contributed by atoms with Crippen LogP contribution in [0.15, 0.2) is 47.4 Å². The molecule has 4 aromatic rings. The molecule has 0 saturated carbocycles. The Bertz CT molecular complexity index is 1430. The highest BCUT2D eigenvalue weighted by molar-refractivity contribution is 6.06. The standard InChI is InChI=1S/C22H22N8O6/c1-22(17(31)19(32)26-12-3-4-14-15(9-12)36-28-18(14)23)20(33)29(7-8-35-22)16-5-6-30(27-16)13-10-24-21(34-2)25-11-13/h3-6,9-11,17,31H,7-8H2,1-2H3,(H2,23,28)(H,26,32)/t17-,22+/m0/s1. The fourth-order valence-electron chi connectivity index (χ4n) is 3.83. The van der Waals surface area contributed by atoms with Crippen molar-refractivity contribution in [1.29, 1.82) is 0 Å². The van der Waals surface area contributed by atoms with Crippen LogP contribution in [0.4, 0.5) is 17.3 Å². The fourth-order valence-corrected chi connectivity index (χ4v) is 3.83. The van der Waals surface area contributed by atoms with E-state index in [1.165, 1.54) is 42.1 Å². The number of rotatable bonds is 6. The van der Waals surface area contributed by atoms with E-state index in [9.17, 15) is 14.7 Å². The van der Waals surface area contributed by atoms with Gasteiger partial charge in [0, 0.05) is 24.0 Å². The fraction of sp³-hybridized carbons (Fsp3) is 0.273. The van der Waals surface area contributed by atoms with Gasteiger partial charge in [-0.2, -0.15) is 0 Å². The van der Waals surface area contributed by atoms with E-state index in [1.54, 1.807) is 24.4 Å². The van der Waals surface area contributed by atoms with E-state index in [2.05, 4.69) is 25.5 Å². The lowest BCUT2D eigenvalue weighted by Crippen LogP contribution is -2.63. The molecule has 1 aliphatic heterocycles. The zero-order valence-corrected chi connectivity index (χ0v) is 19.3. The van der Waals surface area contributed by atoms with Crippen molar-refractivity contribution in [3.05, 3.63) is 42.9 Å². The number of hydrogen-bond acceptors (Lipinski definition) is 11. The van der Waals surface area contributed by atoms with Gasteiger partial charge >= 0.3 is 6.01 Å². The van der Waals surface area contributed by atoms with E-state index >= 15 is 0 Å². The number of benzene rings is 1. The van der Waals surface area contributed by atoms with Crippen LogP contribution in [0.5, 0.6) is 6.01 Å². The molecule has 0 aliphatic carbocycles. The highest BCUT2D eigenvalue weighted by Gasteiger charge is 2.51. The van der Waals surface area contributed by atoms with E-state index in [4.69, 9.17) is 19.7 Å². The quantitative estimate of drug-likeness (QED) is 0.339. The summed E-state index contributed by atoms with van der Waals surface area (Å²) in [6, 6.07) is 6.55. The molecule has 1 aromatic carbocycles. The van der Waals surface area contributed by atoms with Crippen LogP contribution in [0, 0.1) is 0 Å². The molecule has 1 saturated heterocycles. The summed E-state index contributed by atoms with van der Waals surface area (Å²) in [6.45, 7) is 1.62. The van der Waals surface area contributed by atoms with E-state index < -0.39 is 23.5 Å². The maximum atomic E-state index is 13.4. The third-order valence-corrected chi connectivity index (χ3v) is 5.84. The number of carbonyl (C=O) groups is 2. The second kappa shape index (κ2) is 8.90. The lowest BCUT2D eigenvalue weighted by atomic mass is 9.94. The van der Waals surface area contributed by atoms with Gasteiger partial charge in [-0.15, -0.1) is 5.10 Å². The Morgan fingerprint density at radius 2 is 2.08 bits per heavy atom. The zero-order valence-electron chi connectivity index (χ0n) is 19.3. The first kappa shape index (κ1) is 23.2. The van der Waals surface area contributed by atoms with Crippen LogP contribution in [0.2, 0.25) is 0 Å². The Labute approximate surface area is 203 Å². The third-order valence-electron chi connectivity index (χ3n) is 5.84. The number of anilines is 3. The van der Waals surface area contributed by atoms with Gasteiger partial charge in [-0.05, 0) is 19.1 Å². The van der Waals surface area contributed by atoms with Gasteiger partial charge < -0.3 is 30.2 Å². The number of aromatic nitrogens is 5. The second-order valence-corrected chi connectivity index (χ2v) is 8.13. The van der Waals surface area contributed by atoms with Crippen LogP contribution in [-0.4, -0.2) is 73.8 Å². The molecule has 0 bridgehead atoms. The molecule has 1 fully saturated rings. The van der Waals surface area contributed by atoms with Crippen LogP contribution in [0.25, 0.3) is 16.7 Å². The number of aliphatic hydroxyl groups excluding tert-OH is 1. The Kier molecular flexibility index (Phi) is 5.74. The molecule has 4 N–H and O–H groups in total. The molecule has 1 aliphatic rings. The number of fused-ring (bicyclic) bond motifs is 1. The molecule has 186 valence electrons. The SMILES string of the molecule is COc1ncc(-n2ccc(N3CCO[C@](C)([C@@H](O)C(=O)Nc4ccc5c(N)noc5c4)C3=O)n2)cn1. The Balaban J connectivity index is 1.33. The molecule has 2 atom stereocenters. The average Bonchev–Trinajstić information content (AvgIpc) is 3.52. The highest BCUT2D eigenvalue weighted by Crippen LogP contribution is 2.29. The Hall–Kier alpha value is -4.56. The van der Waals surface area contributed by atoms with Gasteiger partial charge in [0.25, 0.3) is 11.8 Å². The van der Waals surface area contributed by atoms with E-state index in [0.29, 0.717) is 28.2 Å². The Morgan fingerprint density at radius 3 is 2.83 bits per heavy atom. The number of nitrogens with one attached hydrogen (secondary N) is 1. The van der Waals surface area contributed by atoms with Crippen molar-refractivity contribution >= 4 is 40.1 Å². The number of ether oxygens (including phenoxy) is 2. The van der Waals surface area contributed by atoms with Gasteiger partial charge in [0.2, 0.25) is 0 Å². The largest absolute Gasteiger partial charge is 0.467 e. The minimum atomic E-state index is -1.85. The van der Waals surface area contributed by atoms with Crippen LogP contribution < -0.4 is 20.7 Å². The van der Waals surface area contributed by atoms with Gasteiger partial charge in [0.15, 0.2) is 28.9 Å². The highest BCUT2D eigenvalue weighted by atomic mass is 16.5. The van der Waals surface area contributed by atoms with E-state index in [0.717, 1.165) is 0 Å². The lowest BCUT2D eigenvalue weighted by molar-refractivity contribution is -0.170. The number of methoxy groups -OCH3 is 1. The number of amides is 2. The van der Waals surface area contributed by atoms with Crippen molar-refractivity contribution in [3.63, 3.8) is 0 Å². The van der Waals surface area contributed by atoms with Crippen LogP contribution in [-0.2, 0) is 14.3 Å². The summed E-state index contributed by atoms with van der Waals surface area (Å²) in [4.78, 5) is 35.7. The van der Waals surface area contributed by atoms with Crippen molar-refractivity contribution in [2.75, 3.05) is 36.2 Å². The van der Waals surface area contributed by atoms with Crippen LogP contribution in [0.1, 0.15) is 6.92 Å².